The molecule has 2 aromatic rings. The number of nitrogen functional groups attached to an aromatic ring is 1. The van der Waals surface area contributed by atoms with Crippen molar-refractivity contribution in [3.05, 3.63) is 22.2 Å². The van der Waals surface area contributed by atoms with Gasteiger partial charge in [-0.05, 0) is 32.9 Å². The van der Waals surface area contributed by atoms with Gasteiger partial charge in [0, 0.05) is 13.1 Å². The molecule has 0 spiro atoms. The number of imidazole rings is 1. The molecule has 2 rings (SSSR count). The van der Waals surface area contributed by atoms with E-state index >= 15 is 0 Å². The Balaban J connectivity index is 2.53. The van der Waals surface area contributed by atoms with Crippen molar-refractivity contribution in [2.45, 2.75) is 26.8 Å². The summed E-state index contributed by atoms with van der Waals surface area (Å²) in [5.41, 5.74) is 7.30. The van der Waals surface area contributed by atoms with Crippen molar-refractivity contribution in [3.63, 3.8) is 0 Å². The zero-order valence-corrected chi connectivity index (χ0v) is 13.7. The quantitative estimate of drug-likeness (QED) is 0.935. The fourth-order valence-corrected chi connectivity index (χ4v) is 2.74. The van der Waals surface area contributed by atoms with Gasteiger partial charge in [0.05, 0.1) is 21.1 Å². The average molecular weight is 329 g/mol. The van der Waals surface area contributed by atoms with Gasteiger partial charge in [0.2, 0.25) is 11.9 Å². The fraction of sp³-hybridized carbons (Fsp3) is 0.429. The van der Waals surface area contributed by atoms with E-state index in [0.717, 1.165) is 0 Å². The first-order chi connectivity index (χ1) is 9.90. The summed E-state index contributed by atoms with van der Waals surface area (Å²) in [5.74, 6) is 0.272. The van der Waals surface area contributed by atoms with E-state index in [1.807, 2.05) is 13.8 Å². The van der Waals surface area contributed by atoms with Gasteiger partial charge in [0.1, 0.15) is 6.04 Å². The molecule has 0 saturated heterocycles. The summed E-state index contributed by atoms with van der Waals surface area (Å²) in [6.07, 6.45) is 0. The Bertz CT molecular complexity index is 679. The lowest BCUT2D eigenvalue weighted by atomic mass is 10.2. The van der Waals surface area contributed by atoms with Gasteiger partial charge in [-0.2, -0.15) is 0 Å². The molecule has 0 aliphatic heterocycles. The predicted octanol–water partition coefficient (Wildman–Crippen LogP) is 3.35. The molecule has 7 heteroatoms. The summed E-state index contributed by atoms with van der Waals surface area (Å²) in [6, 6.07) is 2.89. The Morgan fingerprint density at radius 3 is 2.48 bits per heavy atom. The lowest BCUT2D eigenvalue weighted by Gasteiger charge is -2.24. The highest BCUT2D eigenvalue weighted by Gasteiger charge is 2.24. The molecule has 1 aromatic heterocycles. The normalized spacial score (nSPS) is 12.6. The molecule has 0 bridgehead atoms. The molecule has 21 heavy (non-hydrogen) atoms. The number of aromatic nitrogens is 2. The van der Waals surface area contributed by atoms with E-state index in [4.69, 9.17) is 28.9 Å². The molecule has 0 saturated carbocycles. The van der Waals surface area contributed by atoms with E-state index in [1.54, 1.807) is 28.5 Å². The van der Waals surface area contributed by atoms with Crippen LogP contribution in [0.5, 0.6) is 0 Å². The number of likely N-dealkylation sites (N-methyl/N-ethyl adjacent to an activating group) is 1. The van der Waals surface area contributed by atoms with E-state index in [9.17, 15) is 4.79 Å². The van der Waals surface area contributed by atoms with Crippen molar-refractivity contribution in [1.29, 1.82) is 0 Å². The highest BCUT2D eigenvalue weighted by atomic mass is 35.5. The molecular formula is C14H18Cl2N4O. The molecule has 0 aliphatic carbocycles. The molecule has 1 atom stereocenters. The highest BCUT2D eigenvalue weighted by molar-refractivity contribution is 6.42. The van der Waals surface area contributed by atoms with Crippen molar-refractivity contribution in [1.82, 2.24) is 14.5 Å². The van der Waals surface area contributed by atoms with Crippen LogP contribution in [0.15, 0.2) is 12.1 Å². The SMILES string of the molecule is CCN(CC)C(=O)C(C)n1c(N)nc2cc(Cl)c(Cl)cc21. The highest BCUT2D eigenvalue weighted by Crippen LogP contribution is 2.31. The fourth-order valence-electron chi connectivity index (χ4n) is 2.43. The molecular weight excluding hydrogens is 311 g/mol. The van der Waals surface area contributed by atoms with Gasteiger partial charge in [-0.15, -0.1) is 0 Å². The van der Waals surface area contributed by atoms with Gasteiger partial charge in [-0.3, -0.25) is 9.36 Å². The van der Waals surface area contributed by atoms with Gasteiger partial charge in [0.25, 0.3) is 0 Å². The lowest BCUT2D eigenvalue weighted by molar-refractivity contribution is -0.133. The summed E-state index contributed by atoms with van der Waals surface area (Å²) < 4.78 is 1.69. The molecule has 1 aromatic carbocycles. The number of amides is 1. The maximum Gasteiger partial charge on any atom is 0.245 e. The molecule has 1 heterocycles. The number of nitrogens with zero attached hydrogens (tertiary/aromatic N) is 3. The van der Waals surface area contributed by atoms with Crippen molar-refractivity contribution in [2.24, 2.45) is 0 Å². The first-order valence-corrected chi connectivity index (χ1v) is 7.57. The van der Waals surface area contributed by atoms with Crippen molar-refractivity contribution >= 4 is 46.1 Å². The van der Waals surface area contributed by atoms with Crippen LogP contribution in [0.4, 0.5) is 5.95 Å². The lowest BCUT2D eigenvalue weighted by Crippen LogP contribution is -2.36. The number of carbonyl (C=O) groups excluding carboxylic acids is 1. The van der Waals surface area contributed by atoms with Crippen LogP contribution in [0.3, 0.4) is 0 Å². The van der Waals surface area contributed by atoms with Crippen LogP contribution in [0.2, 0.25) is 10.0 Å². The van der Waals surface area contributed by atoms with Gasteiger partial charge in [0.15, 0.2) is 0 Å². The number of carbonyl (C=O) groups is 1. The number of hydrogen-bond acceptors (Lipinski definition) is 3. The maximum absolute atomic E-state index is 12.5. The first kappa shape index (κ1) is 15.9. The molecule has 0 radical (unpaired) electrons. The Hall–Kier alpha value is -1.46. The molecule has 2 N–H and O–H groups in total. The van der Waals surface area contributed by atoms with Crippen LogP contribution in [0.1, 0.15) is 26.8 Å². The smallest absolute Gasteiger partial charge is 0.245 e. The first-order valence-electron chi connectivity index (χ1n) is 6.81. The summed E-state index contributed by atoms with van der Waals surface area (Å²) in [6.45, 7) is 7.00. The van der Waals surface area contributed by atoms with E-state index < -0.39 is 6.04 Å². The standard InChI is InChI=1S/C14H18Cl2N4O/c1-4-19(5-2)13(21)8(3)20-12-7-10(16)9(15)6-11(12)18-14(20)17/h6-8H,4-5H2,1-3H3,(H2,17,18). The Morgan fingerprint density at radius 2 is 1.90 bits per heavy atom. The third-order valence-corrected chi connectivity index (χ3v) is 4.30. The Morgan fingerprint density at radius 1 is 1.33 bits per heavy atom. The summed E-state index contributed by atoms with van der Waals surface area (Å²) in [5, 5.41) is 0.823. The number of benzene rings is 1. The van der Waals surface area contributed by atoms with Gasteiger partial charge in [-0.1, -0.05) is 23.2 Å². The number of halogens is 2. The largest absolute Gasteiger partial charge is 0.369 e. The second-order valence-corrected chi connectivity index (χ2v) is 5.60. The molecule has 1 amide bonds. The third kappa shape index (κ3) is 2.80. The van der Waals surface area contributed by atoms with Gasteiger partial charge >= 0.3 is 0 Å². The van der Waals surface area contributed by atoms with E-state index in [-0.39, 0.29) is 11.9 Å². The Kier molecular flexibility index (Phi) is 4.64. The predicted molar refractivity (Wildman–Crippen MR) is 86.8 cm³/mol. The summed E-state index contributed by atoms with van der Waals surface area (Å²) in [7, 11) is 0. The summed E-state index contributed by atoms with van der Waals surface area (Å²) in [4.78, 5) is 18.5. The van der Waals surface area contributed by atoms with Crippen molar-refractivity contribution < 1.29 is 4.79 Å². The molecule has 114 valence electrons. The number of fused-ring (bicyclic) bond motifs is 1. The Labute approximate surface area is 133 Å². The minimum absolute atomic E-state index is 0.00271. The average Bonchev–Trinajstić information content (AvgIpc) is 2.75. The minimum Gasteiger partial charge on any atom is -0.369 e. The van der Waals surface area contributed by atoms with Crippen LogP contribution in [0, 0.1) is 0 Å². The molecule has 5 nitrogen and oxygen atoms in total. The maximum atomic E-state index is 12.5. The zero-order chi connectivity index (χ0) is 15.7. The van der Waals surface area contributed by atoms with Crippen molar-refractivity contribution in [2.75, 3.05) is 18.8 Å². The number of hydrogen-bond donors (Lipinski definition) is 1. The van der Waals surface area contributed by atoms with E-state index in [2.05, 4.69) is 4.98 Å². The second-order valence-electron chi connectivity index (χ2n) is 4.78. The second kappa shape index (κ2) is 6.12. The van der Waals surface area contributed by atoms with E-state index in [0.29, 0.717) is 34.2 Å². The molecule has 1 unspecified atom stereocenters. The van der Waals surface area contributed by atoms with Crippen LogP contribution < -0.4 is 5.73 Å². The monoisotopic (exact) mass is 328 g/mol. The van der Waals surface area contributed by atoms with Crippen LogP contribution in [-0.2, 0) is 4.79 Å². The van der Waals surface area contributed by atoms with Gasteiger partial charge in [-0.25, -0.2) is 4.98 Å². The number of rotatable bonds is 4. The van der Waals surface area contributed by atoms with Crippen LogP contribution in [0.25, 0.3) is 11.0 Å². The topological polar surface area (TPSA) is 64.2 Å². The molecule has 0 fully saturated rings. The van der Waals surface area contributed by atoms with Crippen LogP contribution in [-0.4, -0.2) is 33.4 Å². The summed E-state index contributed by atoms with van der Waals surface area (Å²) >= 11 is 12.1. The number of nitrogens with two attached hydrogens (primary N) is 1. The minimum atomic E-state index is -0.452. The third-order valence-electron chi connectivity index (χ3n) is 3.58. The molecule has 0 aliphatic rings. The number of anilines is 1. The van der Waals surface area contributed by atoms with E-state index in [1.165, 1.54) is 0 Å². The van der Waals surface area contributed by atoms with Crippen LogP contribution >= 0.6 is 23.2 Å². The zero-order valence-electron chi connectivity index (χ0n) is 12.2. The van der Waals surface area contributed by atoms with Gasteiger partial charge < -0.3 is 10.6 Å². The van der Waals surface area contributed by atoms with Crippen molar-refractivity contribution in [3.8, 4) is 0 Å².